The molecule has 0 heterocycles. The number of hydrazine groups is 1. The molecule has 0 aliphatic rings. The Balaban J connectivity index is 1.90. The van der Waals surface area contributed by atoms with Crippen LogP contribution >= 0.6 is 0 Å². The molecule has 0 saturated heterocycles. The van der Waals surface area contributed by atoms with Crippen molar-refractivity contribution in [2.45, 2.75) is 6.54 Å². The molecule has 0 aliphatic carbocycles. The second-order valence-electron chi connectivity index (χ2n) is 5.51. The molecule has 8 heteroatoms. The number of amides is 2. The van der Waals surface area contributed by atoms with Gasteiger partial charge in [0.05, 0.1) is 19.8 Å². The van der Waals surface area contributed by atoms with Crippen LogP contribution in [0.4, 0.5) is 5.69 Å². The Hall–Kier alpha value is -3.26. The van der Waals surface area contributed by atoms with Gasteiger partial charge in [-0.3, -0.25) is 14.6 Å². The normalized spacial score (nSPS) is 10.1. The first-order chi connectivity index (χ1) is 12.4. The fourth-order valence-corrected chi connectivity index (χ4v) is 2.24. The first-order valence-corrected chi connectivity index (χ1v) is 7.84. The van der Waals surface area contributed by atoms with Crippen LogP contribution in [0.5, 0.6) is 11.5 Å². The van der Waals surface area contributed by atoms with Gasteiger partial charge in [-0.25, -0.2) is 5.84 Å². The summed E-state index contributed by atoms with van der Waals surface area (Å²) in [5.74, 6) is 6.04. The van der Waals surface area contributed by atoms with E-state index in [1.165, 1.54) is 19.2 Å². The molecule has 2 aromatic rings. The van der Waals surface area contributed by atoms with Crippen LogP contribution < -0.4 is 26.4 Å². The van der Waals surface area contributed by atoms with E-state index in [0.29, 0.717) is 12.3 Å². The molecule has 2 amide bonds. The topological polar surface area (TPSA) is 120 Å². The van der Waals surface area contributed by atoms with Crippen LogP contribution in [0.3, 0.4) is 0 Å². The van der Waals surface area contributed by atoms with E-state index < -0.39 is 5.91 Å². The van der Waals surface area contributed by atoms with Crippen molar-refractivity contribution >= 4 is 17.5 Å². The molecule has 0 fully saturated rings. The molecular weight excluding hydrogens is 336 g/mol. The highest BCUT2D eigenvalue weighted by Gasteiger charge is 2.18. The van der Waals surface area contributed by atoms with Crippen molar-refractivity contribution in [3.8, 4) is 11.5 Å². The monoisotopic (exact) mass is 358 g/mol. The Labute approximate surface area is 151 Å². The second kappa shape index (κ2) is 8.72. The lowest BCUT2D eigenvalue weighted by atomic mass is 10.1. The van der Waals surface area contributed by atoms with E-state index in [-0.39, 0.29) is 23.7 Å². The van der Waals surface area contributed by atoms with Gasteiger partial charge >= 0.3 is 0 Å². The zero-order valence-electron chi connectivity index (χ0n) is 14.7. The number of anilines is 1. The second-order valence-corrected chi connectivity index (χ2v) is 5.51. The minimum absolute atomic E-state index is 0.205. The molecule has 5 N–H and O–H groups in total. The van der Waals surface area contributed by atoms with Gasteiger partial charge < -0.3 is 20.5 Å². The molecule has 0 aliphatic heterocycles. The molecule has 0 spiro atoms. The molecule has 2 rings (SSSR count). The summed E-state index contributed by atoms with van der Waals surface area (Å²) < 4.78 is 10.1. The number of rotatable bonds is 7. The fourth-order valence-electron chi connectivity index (χ4n) is 2.24. The number of hydrogen-bond donors (Lipinski definition) is 3. The summed E-state index contributed by atoms with van der Waals surface area (Å²) in [5.41, 5.74) is 7.16. The minimum Gasteiger partial charge on any atom is -0.497 e. The number of benzene rings is 2. The van der Waals surface area contributed by atoms with Gasteiger partial charge in [0.25, 0.3) is 5.91 Å². The predicted octanol–water partition coefficient (Wildman–Crippen LogP) is 0.918. The summed E-state index contributed by atoms with van der Waals surface area (Å²) in [6.45, 7) is 0.0238. The van der Waals surface area contributed by atoms with Crippen LogP contribution in [-0.2, 0) is 11.3 Å². The van der Waals surface area contributed by atoms with Crippen molar-refractivity contribution in [3.05, 3.63) is 53.6 Å². The number of carbonyl (C=O) groups is 2. The zero-order valence-corrected chi connectivity index (χ0v) is 14.7. The lowest BCUT2D eigenvalue weighted by Gasteiger charge is -2.17. The molecule has 8 nitrogen and oxygen atoms in total. The van der Waals surface area contributed by atoms with E-state index in [0.717, 1.165) is 16.3 Å². The van der Waals surface area contributed by atoms with Gasteiger partial charge in [-0.05, 0) is 29.8 Å². The number of nitrogens with zero attached hydrogens (tertiary/aromatic N) is 1. The first kappa shape index (κ1) is 19.1. The molecule has 0 atom stereocenters. The number of nitrogens with two attached hydrogens (primary N) is 2. The average molecular weight is 358 g/mol. The van der Waals surface area contributed by atoms with Crippen molar-refractivity contribution < 1.29 is 19.1 Å². The van der Waals surface area contributed by atoms with Gasteiger partial charge in [0.1, 0.15) is 18.0 Å². The van der Waals surface area contributed by atoms with Crippen LogP contribution in [0.1, 0.15) is 15.9 Å². The summed E-state index contributed by atoms with van der Waals surface area (Å²) in [6.07, 6.45) is 0. The summed E-state index contributed by atoms with van der Waals surface area (Å²) in [4.78, 5) is 24.3. The predicted molar refractivity (Wildman–Crippen MR) is 97.5 cm³/mol. The number of nitrogens with one attached hydrogen (secondary N) is 1. The Morgan fingerprint density at radius 3 is 2.23 bits per heavy atom. The largest absolute Gasteiger partial charge is 0.497 e. The van der Waals surface area contributed by atoms with E-state index >= 15 is 0 Å². The van der Waals surface area contributed by atoms with E-state index in [9.17, 15) is 9.59 Å². The number of hydrogen-bond acceptors (Lipinski definition) is 6. The van der Waals surface area contributed by atoms with Gasteiger partial charge in [-0.1, -0.05) is 12.1 Å². The molecule has 0 saturated carbocycles. The van der Waals surface area contributed by atoms with Crippen molar-refractivity contribution in [2.75, 3.05) is 26.5 Å². The van der Waals surface area contributed by atoms with Gasteiger partial charge in [-0.15, -0.1) is 0 Å². The smallest absolute Gasteiger partial charge is 0.270 e. The summed E-state index contributed by atoms with van der Waals surface area (Å²) in [7, 11) is 3.08. The molecule has 138 valence electrons. The third-order valence-corrected chi connectivity index (χ3v) is 3.71. The number of methoxy groups -OCH3 is 2. The zero-order chi connectivity index (χ0) is 19.1. The lowest BCUT2D eigenvalue weighted by Crippen LogP contribution is -2.44. The third-order valence-electron chi connectivity index (χ3n) is 3.71. The molecular formula is C18H22N4O4. The van der Waals surface area contributed by atoms with Gasteiger partial charge in [0, 0.05) is 18.3 Å². The maximum absolute atomic E-state index is 12.3. The summed E-state index contributed by atoms with van der Waals surface area (Å²) >= 11 is 0. The Bertz CT molecular complexity index is 777. The van der Waals surface area contributed by atoms with Crippen LogP contribution in [0.15, 0.2) is 42.5 Å². The molecule has 2 aromatic carbocycles. The standard InChI is InChI=1S/C18H22N4O4/c1-25-13-5-3-12(4-6-13)10-21-17(23)11-22(20)18(24)15-8-7-14(26-2)9-16(15)19/h3-9H,10-11,19-20H2,1-2H3,(H,21,23). The highest BCUT2D eigenvalue weighted by molar-refractivity contribution is 6.00. The van der Waals surface area contributed by atoms with Crippen molar-refractivity contribution in [1.82, 2.24) is 10.3 Å². The number of ether oxygens (including phenoxy) is 2. The maximum atomic E-state index is 12.3. The molecule has 0 bridgehead atoms. The van der Waals surface area contributed by atoms with Crippen LogP contribution in [0, 0.1) is 0 Å². The van der Waals surface area contributed by atoms with Gasteiger partial charge in [0.15, 0.2) is 0 Å². The van der Waals surface area contributed by atoms with Crippen molar-refractivity contribution in [3.63, 3.8) is 0 Å². The van der Waals surface area contributed by atoms with Crippen LogP contribution in [-0.4, -0.2) is 37.6 Å². The SMILES string of the molecule is COc1ccc(CNC(=O)CN(N)C(=O)c2ccc(OC)cc2N)cc1. The van der Waals surface area contributed by atoms with Crippen LogP contribution in [0.2, 0.25) is 0 Å². The van der Waals surface area contributed by atoms with E-state index in [2.05, 4.69) is 5.32 Å². The molecule has 0 radical (unpaired) electrons. The summed E-state index contributed by atoms with van der Waals surface area (Å²) in [5, 5.41) is 3.52. The van der Waals surface area contributed by atoms with E-state index in [4.69, 9.17) is 21.1 Å². The van der Waals surface area contributed by atoms with Crippen molar-refractivity contribution in [1.29, 1.82) is 0 Å². The quantitative estimate of drug-likeness (QED) is 0.293. The highest BCUT2D eigenvalue weighted by atomic mass is 16.5. The number of carbonyl (C=O) groups excluding carboxylic acids is 2. The van der Waals surface area contributed by atoms with Crippen LogP contribution in [0.25, 0.3) is 0 Å². The Morgan fingerprint density at radius 1 is 1.04 bits per heavy atom. The number of nitrogen functional groups attached to an aromatic ring is 1. The third kappa shape index (κ3) is 4.87. The van der Waals surface area contributed by atoms with Crippen molar-refractivity contribution in [2.24, 2.45) is 5.84 Å². The van der Waals surface area contributed by atoms with Gasteiger partial charge in [0.2, 0.25) is 5.91 Å². The molecule has 0 unspecified atom stereocenters. The molecule has 26 heavy (non-hydrogen) atoms. The van der Waals surface area contributed by atoms with Gasteiger partial charge in [-0.2, -0.15) is 0 Å². The average Bonchev–Trinajstić information content (AvgIpc) is 2.66. The Kier molecular flexibility index (Phi) is 6.40. The Morgan fingerprint density at radius 2 is 1.65 bits per heavy atom. The summed E-state index contributed by atoms with van der Waals surface area (Å²) in [6, 6.07) is 11.9. The first-order valence-electron chi connectivity index (χ1n) is 7.84. The maximum Gasteiger partial charge on any atom is 0.270 e. The van der Waals surface area contributed by atoms with E-state index in [1.54, 1.807) is 25.3 Å². The lowest BCUT2D eigenvalue weighted by molar-refractivity contribution is -0.122. The molecule has 0 aromatic heterocycles. The highest BCUT2D eigenvalue weighted by Crippen LogP contribution is 2.20. The fraction of sp³-hybridized carbons (Fsp3) is 0.222. The van der Waals surface area contributed by atoms with E-state index in [1.807, 2.05) is 12.1 Å². The minimum atomic E-state index is -0.551.